The van der Waals surface area contributed by atoms with Gasteiger partial charge in [-0.1, -0.05) is 11.6 Å². The van der Waals surface area contributed by atoms with E-state index in [9.17, 15) is 0 Å². The second kappa shape index (κ2) is 5.73. The largest absolute Gasteiger partial charge is 0.213 e. The standard InChI is InChI=1S/C23H26N/c1-15-11-16(2)17(3)21(12-15)22-10-9-20-13-18-7-5-6-8-19(18)14-23(20)24(22)4/h9-14H,5-8H2,1-4H3/q+1. The maximum absolute atomic E-state index is 2.44. The summed E-state index contributed by atoms with van der Waals surface area (Å²) < 4.78 is 2.38. The van der Waals surface area contributed by atoms with Crippen LogP contribution in [0.15, 0.2) is 36.4 Å². The van der Waals surface area contributed by atoms with Crippen molar-refractivity contribution in [3.05, 3.63) is 64.2 Å². The van der Waals surface area contributed by atoms with Gasteiger partial charge < -0.3 is 0 Å². The smallest absolute Gasteiger partial charge is 0.194 e. The van der Waals surface area contributed by atoms with Gasteiger partial charge in [-0.3, -0.25) is 0 Å². The number of pyridine rings is 1. The summed E-state index contributed by atoms with van der Waals surface area (Å²) in [6, 6.07) is 14.0. The fourth-order valence-electron chi connectivity index (χ4n) is 4.20. The van der Waals surface area contributed by atoms with Crippen LogP contribution in [0.4, 0.5) is 0 Å². The Labute approximate surface area is 145 Å². The first kappa shape index (κ1) is 15.4. The minimum Gasteiger partial charge on any atom is -0.194 e. The number of rotatable bonds is 1. The summed E-state index contributed by atoms with van der Waals surface area (Å²) in [6.07, 6.45) is 5.15. The van der Waals surface area contributed by atoms with Crippen LogP contribution in [0.1, 0.15) is 40.7 Å². The summed E-state index contributed by atoms with van der Waals surface area (Å²) in [5.74, 6) is 0. The Balaban J connectivity index is 1.96. The fraction of sp³-hybridized carbons (Fsp3) is 0.348. The quantitative estimate of drug-likeness (QED) is 0.548. The van der Waals surface area contributed by atoms with E-state index in [0.29, 0.717) is 0 Å². The van der Waals surface area contributed by atoms with Gasteiger partial charge in [0, 0.05) is 23.1 Å². The van der Waals surface area contributed by atoms with Crippen molar-refractivity contribution < 1.29 is 4.57 Å². The molecule has 0 spiro atoms. The molecule has 0 fully saturated rings. The molecule has 1 nitrogen and oxygen atoms in total. The molecule has 0 aliphatic heterocycles. The van der Waals surface area contributed by atoms with Crippen LogP contribution in [0.5, 0.6) is 0 Å². The minimum absolute atomic E-state index is 1.23. The zero-order valence-corrected chi connectivity index (χ0v) is 15.2. The van der Waals surface area contributed by atoms with Crippen LogP contribution in [0.3, 0.4) is 0 Å². The van der Waals surface area contributed by atoms with Crippen molar-refractivity contribution in [1.82, 2.24) is 0 Å². The van der Waals surface area contributed by atoms with Crippen molar-refractivity contribution >= 4 is 10.9 Å². The van der Waals surface area contributed by atoms with Gasteiger partial charge in [-0.05, 0) is 86.9 Å². The van der Waals surface area contributed by atoms with Crippen LogP contribution >= 0.6 is 0 Å². The molecule has 4 rings (SSSR count). The van der Waals surface area contributed by atoms with Gasteiger partial charge in [0.05, 0.1) is 0 Å². The number of hydrogen-bond donors (Lipinski definition) is 0. The molecule has 122 valence electrons. The van der Waals surface area contributed by atoms with Crippen LogP contribution in [-0.4, -0.2) is 0 Å². The van der Waals surface area contributed by atoms with Crippen molar-refractivity contribution in [2.45, 2.75) is 46.5 Å². The monoisotopic (exact) mass is 316 g/mol. The first-order valence-electron chi connectivity index (χ1n) is 9.07. The fourth-order valence-corrected chi connectivity index (χ4v) is 4.20. The average Bonchev–Trinajstić information content (AvgIpc) is 2.57. The lowest BCUT2D eigenvalue weighted by Crippen LogP contribution is -2.32. The van der Waals surface area contributed by atoms with Gasteiger partial charge in [0.15, 0.2) is 0 Å². The summed E-state index contributed by atoms with van der Waals surface area (Å²) in [7, 11) is 2.21. The van der Waals surface area contributed by atoms with Gasteiger partial charge in [-0.2, -0.15) is 4.57 Å². The predicted molar refractivity (Wildman–Crippen MR) is 101 cm³/mol. The molecule has 0 amide bonds. The Bertz CT molecular complexity index is 950. The van der Waals surface area contributed by atoms with Gasteiger partial charge in [0.1, 0.15) is 7.05 Å². The van der Waals surface area contributed by atoms with Crippen molar-refractivity contribution in [3.63, 3.8) is 0 Å². The molecule has 1 aliphatic carbocycles. The van der Waals surface area contributed by atoms with E-state index in [-0.39, 0.29) is 0 Å². The molecule has 1 aliphatic rings. The van der Waals surface area contributed by atoms with E-state index in [2.05, 4.69) is 68.8 Å². The molecule has 0 bridgehead atoms. The van der Waals surface area contributed by atoms with Gasteiger partial charge in [0.25, 0.3) is 0 Å². The second-order valence-corrected chi connectivity index (χ2v) is 7.42. The Morgan fingerprint density at radius 3 is 2.29 bits per heavy atom. The lowest BCUT2D eigenvalue weighted by molar-refractivity contribution is -0.633. The first-order valence-corrected chi connectivity index (χ1v) is 9.07. The Hall–Kier alpha value is -2.15. The summed E-state index contributed by atoms with van der Waals surface area (Å²) in [5, 5.41) is 1.36. The zero-order valence-electron chi connectivity index (χ0n) is 15.2. The maximum Gasteiger partial charge on any atom is 0.213 e. The second-order valence-electron chi connectivity index (χ2n) is 7.42. The summed E-state index contributed by atoms with van der Waals surface area (Å²) in [5.41, 5.74) is 11.2. The van der Waals surface area contributed by atoms with E-state index < -0.39 is 0 Å². The highest BCUT2D eigenvalue weighted by atomic mass is 14.9. The van der Waals surface area contributed by atoms with Crippen molar-refractivity contribution in [3.8, 4) is 11.3 Å². The van der Waals surface area contributed by atoms with Crippen LogP contribution in [0, 0.1) is 20.8 Å². The van der Waals surface area contributed by atoms with Crippen molar-refractivity contribution in [2.24, 2.45) is 7.05 Å². The highest BCUT2D eigenvalue weighted by Crippen LogP contribution is 2.29. The lowest BCUT2D eigenvalue weighted by Gasteiger charge is -2.16. The third kappa shape index (κ3) is 2.43. The SMILES string of the molecule is Cc1cc(C)c(C)c(-c2ccc3cc4c(cc3[n+]2C)CCCC4)c1. The highest BCUT2D eigenvalue weighted by Gasteiger charge is 2.19. The number of benzene rings is 2. The molecular formula is C23H26N+. The molecule has 24 heavy (non-hydrogen) atoms. The summed E-state index contributed by atoms with van der Waals surface area (Å²) >= 11 is 0. The van der Waals surface area contributed by atoms with E-state index in [1.807, 2.05) is 0 Å². The third-order valence-electron chi connectivity index (χ3n) is 5.72. The van der Waals surface area contributed by atoms with Crippen molar-refractivity contribution in [2.75, 3.05) is 0 Å². The van der Waals surface area contributed by atoms with Gasteiger partial charge in [-0.15, -0.1) is 0 Å². The van der Waals surface area contributed by atoms with Crippen LogP contribution < -0.4 is 4.57 Å². The molecule has 0 radical (unpaired) electrons. The van der Waals surface area contributed by atoms with Gasteiger partial charge >= 0.3 is 0 Å². The third-order valence-corrected chi connectivity index (χ3v) is 5.72. The highest BCUT2D eigenvalue weighted by molar-refractivity contribution is 5.80. The Kier molecular flexibility index (Phi) is 3.68. The van der Waals surface area contributed by atoms with Gasteiger partial charge in [-0.25, -0.2) is 0 Å². The van der Waals surface area contributed by atoms with Crippen LogP contribution in [0.2, 0.25) is 0 Å². The normalized spacial score (nSPS) is 14.0. The predicted octanol–water partition coefficient (Wildman–Crippen LogP) is 5.14. The molecule has 0 saturated carbocycles. The number of aryl methyl sites for hydroxylation is 5. The molecule has 0 atom stereocenters. The molecule has 1 aromatic heterocycles. The zero-order chi connectivity index (χ0) is 16.8. The lowest BCUT2D eigenvalue weighted by atomic mass is 9.90. The Morgan fingerprint density at radius 1 is 0.833 bits per heavy atom. The average molecular weight is 316 g/mol. The number of nitrogens with zero attached hydrogens (tertiary/aromatic N) is 1. The molecule has 1 heterocycles. The van der Waals surface area contributed by atoms with Gasteiger partial charge in [0.2, 0.25) is 11.2 Å². The molecular weight excluding hydrogens is 290 g/mol. The molecule has 0 saturated heterocycles. The maximum atomic E-state index is 2.44. The van der Waals surface area contributed by atoms with E-state index in [0.717, 1.165) is 0 Å². The molecule has 0 unspecified atom stereocenters. The van der Waals surface area contributed by atoms with E-state index in [1.54, 1.807) is 11.1 Å². The number of aromatic nitrogens is 1. The van der Waals surface area contributed by atoms with E-state index in [4.69, 9.17) is 0 Å². The molecule has 2 aromatic carbocycles. The first-order chi connectivity index (χ1) is 11.5. The summed E-state index contributed by atoms with van der Waals surface area (Å²) in [6.45, 7) is 6.64. The number of hydrogen-bond acceptors (Lipinski definition) is 0. The Morgan fingerprint density at radius 2 is 1.54 bits per heavy atom. The van der Waals surface area contributed by atoms with Crippen molar-refractivity contribution in [1.29, 1.82) is 0 Å². The van der Waals surface area contributed by atoms with E-state index >= 15 is 0 Å². The van der Waals surface area contributed by atoms with Crippen LogP contribution in [0.25, 0.3) is 22.2 Å². The minimum atomic E-state index is 1.23. The summed E-state index contributed by atoms with van der Waals surface area (Å²) in [4.78, 5) is 0. The topological polar surface area (TPSA) is 3.88 Å². The molecule has 1 heteroatoms. The van der Waals surface area contributed by atoms with E-state index in [1.165, 1.54) is 64.5 Å². The number of fused-ring (bicyclic) bond motifs is 2. The molecule has 0 N–H and O–H groups in total. The van der Waals surface area contributed by atoms with Crippen LogP contribution in [-0.2, 0) is 19.9 Å². The molecule has 3 aromatic rings.